The summed E-state index contributed by atoms with van der Waals surface area (Å²) in [4.78, 5) is 60.3. The van der Waals surface area contributed by atoms with Gasteiger partial charge in [0.2, 0.25) is 5.91 Å². The lowest BCUT2D eigenvalue weighted by molar-refractivity contribution is -0.139. The number of nitrogens with zero attached hydrogens (tertiary/aromatic N) is 2. The van der Waals surface area contributed by atoms with E-state index in [2.05, 4.69) is 10.3 Å². The van der Waals surface area contributed by atoms with Gasteiger partial charge in [-0.2, -0.15) is 0 Å². The number of amides is 3. The molecule has 1 aliphatic heterocycles. The van der Waals surface area contributed by atoms with Crippen molar-refractivity contribution >= 4 is 45.8 Å². The molecule has 226 valence electrons. The Morgan fingerprint density at radius 1 is 0.844 bits per heavy atom. The Morgan fingerprint density at radius 2 is 1.49 bits per heavy atom. The number of carbonyl (C=O) groups excluding carboxylic acids is 4. The van der Waals surface area contributed by atoms with Crippen molar-refractivity contribution in [2.75, 3.05) is 31.0 Å². The van der Waals surface area contributed by atoms with Crippen LogP contribution in [0, 0.1) is 0 Å². The lowest BCUT2D eigenvalue weighted by Crippen LogP contribution is -2.46. The molecule has 1 unspecified atom stereocenters. The Morgan fingerprint density at radius 3 is 2.20 bits per heavy atom. The van der Waals surface area contributed by atoms with Crippen molar-refractivity contribution in [2.24, 2.45) is 0 Å². The molecule has 1 aliphatic rings. The number of nitrogens with one attached hydrogen (secondary N) is 2. The first kappa shape index (κ1) is 29.2. The van der Waals surface area contributed by atoms with Gasteiger partial charge in [0.05, 0.1) is 25.5 Å². The van der Waals surface area contributed by atoms with E-state index in [9.17, 15) is 19.2 Å². The molecule has 5 aromatic rings. The number of benzene rings is 4. The van der Waals surface area contributed by atoms with Crippen LogP contribution in [0.4, 0.5) is 11.4 Å². The highest BCUT2D eigenvalue weighted by molar-refractivity contribution is 6.52. The smallest absolute Gasteiger partial charge is 0.299 e. The average molecular weight is 603 g/mol. The van der Waals surface area contributed by atoms with Gasteiger partial charge in [0.25, 0.3) is 17.6 Å². The van der Waals surface area contributed by atoms with Crippen molar-refractivity contribution in [3.8, 4) is 11.5 Å². The van der Waals surface area contributed by atoms with Crippen LogP contribution in [0.15, 0.2) is 103 Å². The number of aromatic nitrogens is 1. The zero-order chi connectivity index (χ0) is 31.5. The van der Waals surface area contributed by atoms with Gasteiger partial charge in [-0.05, 0) is 60.2 Å². The van der Waals surface area contributed by atoms with Crippen molar-refractivity contribution in [3.05, 3.63) is 120 Å². The standard InChI is InChI=1S/C35H30N4O6/c1-44-24-15-11-22(12-16-24)20-39(31(40)21-38-30-10-6-4-8-27(30)33(41)35(38)43)32(28-19-36-29-9-5-3-7-26(28)29)34(42)37-23-13-17-25(45-2)18-14-23/h3-19,32,36H,20-21H2,1-2H3,(H,37,42). The lowest BCUT2D eigenvalue weighted by atomic mass is 10.0. The second-order valence-electron chi connectivity index (χ2n) is 10.5. The van der Waals surface area contributed by atoms with Crippen LogP contribution in [0.3, 0.4) is 0 Å². The molecule has 4 aromatic carbocycles. The third kappa shape index (κ3) is 5.73. The molecule has 10 heteroatoms. The van der Waals surface area contributed by atoms with Gasteiger partial charge in [-0.1, -0.05) is 42.5 Å². The van der Waals surface area contributed by atoms with Crippen molar-refractivity contribution in [1.82, 2.24) is 9.88 Å². The molecule has 0 bridgehead atoms. The Hall–Kier alpha value is -5.90. The second-order valence-corrected chi connectivity index (χ2v) is 10.5. The molecule has 0 saturated heterocycles. The molecule has 10 nitrogen and oxygen atoms in total. The van der Waals surface area contributed by atoms with Crippen LogP contribution in [-0.2, 0) is 20.9 Å². The van der Waals surface area contributed by atoms with Gasteiger partial charge in [-0.3, -0.25) is 24.1 Å². The molecular formula is C35H30N4O6. The summed E-state index contributed by atoms with van der Waals surface area (Å²) >= 11 is 0. The zero-order valence-electron chi connectivity index (χ0n) is 24.7. The monoisotopic (exact) mass is 602 g/mol. The summed E-state index contributed by atoms with van der Waals surface area (Å²) < 4.78 is 10.6. The van der Waals surface area contributed by atoms with Crippen LogP contribution in [0.5, 0.6) is 11.5 Å². The maximum atomic E-state index is 14.4. The third-order valence-electron chi connectivity index (χ3n) is 7.84. The SMILES string of the molecule is COc1ccc(CN(C(=O)CN2C(=O)C(=O)c3ccccc32)C(C(=O)Nc2ccc(OC)cc2)c2c[nH]c3ccccc23)cc1. The predicted molar refractivity (Wildman–Crippen MR) is 169 cm³/mol. The van der Waals surface area contributed by atoms with Crippen molar-refractivity contribution in [2.45, 2.75) is 12.6 Å². The molecule has 0 fully saturated rings. The molecule has 0 radical (unpaired) electrons. The van der Waals surface area contributed by atoms with Crippen molar-refractivity contribution < 1.29 is 28.7 Å². The fourth-order valence-electron chi connectivity index (χ4n) is 5.54. The quantitative estimate of drug-likeness (QED) is 0.214. The van der Waals surface area contributed by atoms with E-state index in [4.69, 9.17) is 9.47 Å². The zero-order valence-corrected chi connectivity index (χ0v) is 24.7. The Kier molecular flexibility index (Phi) is 8.03. The Balaban J connectivity index is 1.43. The summed E-state index contributed by atoms with van der Waals surface area (Å²) in [6.45, 7) is -0.410. The topological polar surface area (TPSA) is 121 Å². The molecule has 2 heterocycles. The van der Waals surface area contributed by atoms with Gasteiger partial charge in [0, 0.05) is 34.9 Å². The van der Waals surface area contributed by atoms with Crippen molar-refractivity contribution in [1.29, 1.82) is 0 Å². The van der Waals surface area contributed by atoms with Crippen LogP contribution in [0.25, 0.3) is 10.9 Å². The molecule has 0 saturated carbocycles. The van der Waals surface area contributed by atoms with Crippen LogP contribution in [0.1, 0.15) is 27.5 Å². The molecule has 0 aliphatic carbocycles. The number of ketones is 1. The number of ether oxygens (including phenoxy) is 2. The summed E-state index contributed by atoms with van der Waals surface area (Å²) in [7, 11) is 3.12. The number of rotatable bonds is 10. The van der Waals surface area contributed by atoms with Crippen LogP contribution < -0.4 is 19.7 Å². The highest BCUT2D eigenvalue weighted by atomic mass is 16.5. The normalized spacial score (nSPS) is 13.0. The van der Waals surface area contributed by atoms with E-state index >= 15 is 0 Å². The van der Waals surface area contributed by atoms with E-state index in [1.54, 1.807) is 81.1 Å². The first-order valence-corrected chi connectivity index (χ1v) is 14.3. The van der Waals surface area contributed by atoms with Crippen LogP contribution in [0.2, 0.25) is 0 Å². The highest BCUT2D eigenvalue weighted by Gasteiger charge is 2.40. The minimum absolute atomic E-state index is 0.0284. The molecule has 1 atom stereocenters. The Bertz CT molecular complexity index is 1900. The van der Waals surface area contributed by atoms with E-state index in [0.29, 0.717) is 28.4 Å². The Labute approximate surface area is 259 Å². The van der Waals surface area contributed by atoms with E-state index in [-0.39, 0.29) is 12.1 Å². The number of methoxy groups -OCH3 is 2. The molecule has 1 aromatic heterocycles. The lowest BCUT2D eigenvalue weighted by Gasteiger charge is -2.32. The van der Waals surface area contributed by atoms with Gasteiger partial charge in [0.1, 0.15) is 24.1 Å². The molecular weight excluding hydrogens is 572 g/mol. The fraction of sp³-hybridized carbons (Fsp3) is 0.143. The molecule has 3 amide bonds. The minimum atomic E-state index is -1.12. The summed E-state index contributed by atoms with van der Waals surface area (Å²) in [5.41, 5.74) is 3.20. The van der Waals surface area contributed by atoms with Gasteiger partial charge >= 0.3 is 0 Å². The van der Waals surface area contributed by atoms with Crippen molar-refractivity contribution in [3.63, 3.8) is 0 Å². The summed E-state index contributed by atoms with van der Waals surface area (Å²) in [6.07, 6.45) is 1.72. The van der Waals surface area contributed by atoms with Gasteiger partial charge < -0.3 is 24.7 Å². The number of para-hydroxylation sites is 2. The number of aromatic amines is 1. The van der Waals surface area contributed by atoms with E-state index in [1.165, 1.54) is 9.80 Å². The maximum Gasteiger partial charge on any atom is 0.299 e. The van der Waals surface area contributed by atoms with Gasteiger partial charge in [0.15, 0.2) is 0 Å². The average Bonchev–Trinajstić information content (AvgIpc) is 3.60. The number of H-pyrrole nitrogens is 1. The molecule has 0 spiro atoms. The summed E-state index contributed by atoms with van der Waals surface area (Å²) in [5, 5.41) is 3.72. The van der Waals surface area contributed by atoms with E-state index in [0.717, 1.165) is 16.5 Å². The third-order valence-corrected chi connectivity index (χ3v) is 7.84. The molecule has 6 rings (SSSR count). The minimum Gasteiger partial charge on any atom is -0.497 e. The summed E-state index contributed by atoms with van der Waals surface area (Å²) in [5.74, 6) is -1.19. The number of anilines is 2. The van der Waals surface area contributed by atoms with Gasteiger partial charge in [-0.25, -0.2) is 0 Å². The predicted octanol–water partition coefficient (Wildman–Crippen LogP) is 5.12. The number of carbonyl (C=O) groups is 4. The number of Topliss-reactive ketones (excluding diaryl/α,β-unsaturated/α-hetero) is 1. The van der Waals surface area contributed by atoms with E-state index < -0.39 is 36.1 Å². The number of fused-ring (bicyclic) bond motifs is 2. The fourth-order valence-corrected chi connectivity index (χ4v) is 5.54. The van der Waals surface area contributed by atoms with Crippen LogP contribution >= 0.6 is 0 Å². The second kappa shape index (κ2) is 12.4. The largest absolute Gasteiger partial charge is 0.497 e. The molecule has 45 heavy (non-hydrogen) atoms. The first-order valence-electron chi connectivity index (χ1n) is 14.3. The highest BCUT2D eigenvalue weighted by Crippen LogP contribution is 2.33. The first-order chi connectivity index (χ1) is 21.9. The number of hydrogen-bond acceptors (Lipinski definition) is 6. The van der Waals surface area contributed by atoms with Crippen LogP contribution in [-0.4, -0.2) is 54.2 Å². The van der Waals surface area contributed by atoms with Gasteiger partial charge in [-0.15, -0.1) is 0 Å². The molecule has 2 N–H and O–H groups in total. The van der Waals surface area contributed by atoms with E-state index in [1.807, 2.05) is 36.4 Å². The summed E-state index contributed by atoms with van der Waals surface area (Å²) in [6, 6.07) is 27.0. The number of hydrogen-bond donors (Lipinski definition) is 2. The maximum absolute atomic E-state index is 14.4.